The smallest absolute Gasteiger partial charge is 0.124 e. The molecule has 0 radical (unpaired) electrons. The zero-order valence-electron chi connectivity index (χ0n) is 13.6. The third kappa shape index (κ3) is 6.66. The van der Waals surface area contributed by atoms with Crippen LogP contribution in [0.5, 0.6) is 5.75 Å². The van der Waals surface area contributed by atoms with Crippen molar-refractivity contribution in [2.75, 3.05) is 26.4 Å². The molecule has 0 unspecified atom stereocenters. The van der Waals surface area contributed by atoms with Crippen molar-refractivity contribution in [3.63, 3.8) is 0 Å². The first kappa shape index (κ1) is 20.3. The summed E-state index contributed by atoms with van der Waals surface area (Å²) in [6.07, 6.45) is 0. The molecule has 0 aromatic heterocycles. The van der Waals surface area contributed by atoms with Crippen LogP contribution in [-0.4, -0.2) is 31.5 Å². The maximum Gasteiger partial charge on any atom is 0.124 e. The second-order valence-electron chi connectivity index (χ2n) is 5.25. The van der Waals surface area contributed by atoms with Crippen molar-refractivity contribution in [1.82, 2.24) is 5.32 Å². The van der Waals surface area contributed by atoms with Crippen molar-refractivity contribution >= 4 is 34.8 Å². The third-order valence-corrected chi connectivity index (χ3v) is 4.37. The van der Waals surface area contributed by atoms with E-state index in [1.54, 1.807) is 24.3 Å². The lowest BCUT2D eigenvalue weighted by Gasteiger charge is -2.14. The number of hydrogen-bond donors (Lipinski definition) is 2. The summed E-state index contributed by atoms with van der Waals surface area (Å²) in [6.45, 7) is 2.39. The monoisotopic (exact) mass is 403 g/mol. The lowest BCUT2D eigenvalue weighted by atomic mass is 10.2. The van der Waals surface area contributed by atoms with E-state index in [1.807, 2.05) is 12.1 Å². The van der Waals surface area contributed by atoms with Crippen LogP contribution in [0.2, 0.25) is 15.1 Å². The van der Waals surface area contributed by atoms with E-state index < -0.39 is 0 Å². The standard InChI is InChI=1S/C18H20Cl3NO3/c19-14-4-5-18(13(10-14)11-22-6-8-24-9-7-23)25-12-15-16(20)2-1-3-17(15)21/h1-5,10,22-23H,6-9,11-12H2. The first-order valence-electron chi connectivity index (χ1n) is 7.85. The van der Waals surface area contributed by atoms with Gasteiger partial charge in [-0.05, 0) is 30.3 Å². The topological polar surface area (TPSA) is 50.7 Å². The summed E-state index contributed by atoms with van der Waals surface area (Å²) in [5, 5.41) is 13.7. The van der Waals surface area contributed by atoms with Gasteiger partial charge in [0, 0.05) is 39.3 Å². The van der Waals surface area contributed by atoms with Crippen LogP contribution in [0.1, 0.15) is 11.1 Å². The molecule has 0 aliphatic heterocycles. The highest BCUT2D eigenvalue weighted by molar-refractivity contribution is 6.36. The number of hydrogen-bond acceptors (Lipinski definition) is 4. The number of rotatable bonds is 10. The maximum absolute atomic E-state index is 8.66. The van der Waals surface area contributed by atoms with Gasteiger partial charge in [-0.1, -0.05) is 40.9 Å². The fourth-order valence-electron chi connectivity index (χ4n) is 2.18. The van der Waals surface area contributed by atoms with Crippen LogP contribution in [0.25, 0.3) is 0 Å². The fourth-order valence-corrected chi connectivity index (χ4v) is 2.88. The highest BCUT2D eigenvalue weighted by atomic mass is 35.5. The molecule has 0 heterocycles. The van der Waals surface area contributed by atoms with Crippen molar-refractivity contribution in [3.05, 3.63) is 62.6 Å². The molecule has 2 aromatic rings. The van der Waals surface area contributed by atoms with E-state index in [-0.39, 0.29) is 13.2 Å². The number of ether oxygens (including phenoxy) is 2. The van der Waals surface area contributed by atoms with Gasteiger partial charge in [-0.25, -0.2) is 0 Å². The largest absolute Gasteiger partial charge is 0.488 e. The van der Waals surface area contributed by atoms with Gasteiger partial charge in [0.05, 0.1) is 19.8 Å². The molecule has 4 nitrogen and oxygen atoms in total. The SMILES string of the molecule is OCCOCCNCc1cc(Cl)ccc1OCc1c(Cl)cccc1Cl. The molecule has 0 fully saturated rings. The van der Waals surface area contributed by atoms with E-state index >= 15 is 0 Å². The summed E-state index contributed by atoms with van der Waals surface area (Å²) >= 11 is 18.4. The van der Waals surface area contributed by atoms with Gasteiger partial charge in [-0.2, -0.15) is 0 Å². The fraction of sp³-hybridized carbons (Fsp3) is 0.333. The van der Waals surface area contributed by atoms with E-state index in [0.717, 1.165) is 11.1 Å². The molecular formula is C18H20Cl3NO3. The van der Waals surface area contributed by atoms with Crippen molar-refractivity contribution < 1.29 is 14.6 Å². The Labute approximate surface area is 162 Å². The van der Waals surface area contributed by atoms with Crippen LogP contribution in [0.4, 0.5) is 0 Å². The van der Waals surface area contributed by atoms with Crippen molar-refractivity contribution in [2.24, 2.45) is 0 Å². The molecule has 0 amide bonds. The Bertz CT molecular complexity index is 662. The molecular weight excluding hydrogens is 385 g/mol. The second kappa shape index (κ2) is 10.9. The van der Waals surface area contributed by atoms with Crippen molar-refractivity contribution in [3.8, 4) is 5.75 Å². The normalized spacial score (nSPS) is 10.9. The van der Waals surface area contributed by atoms with Crippen LogP contribution in [-0.2, 0) is 17.9 Å². The molecule has 0 aliphatic rings. The van der Waals surface area contributed by atoms with Crippen LogP contribution >= 0.6 is 34.8 Å². The van der Waals surface area contributed by atoms with E-state index in [9.17, 15) is 0 Å². The predicted octanol–water partition coefficient (Wildman–Crippen LogP) is 4.32. The molecule has 0 bridgehead atoms. The summed E-state index contributed by atoms with van der Waals surface area (Å²) in [7, 11) is 0. The third-order valence-electron chi connectivity index (χ3n) is 3.43. The number of aliphatic hydroxyl groups excluding tert-OH is 1. The average Bonchev–Trinajstić information content (AvgIpc) is 2.59. The average molecular weight is 405 g/mol. The van der Waals surface area contributed by atoms with Gasteiger partial charge in [0.15, 0.2) is 0 Å². The van der Waals surface area contributed by atoms with E-state index in [0.29, 0.717) is 47.1 Å². The highest BCUT2D eigenvalue weighted by Crippen LogP contribution is 2.28. The Balaban J connectivity index is 1.96. The van der Waals surface area contributed by atoms with Crippen LogP contribution in [0, 0.1) is 0 Å². The number of nitrogens with one attached hydrogen (secondary N) is 1. The van der Waals surface area contributed by atoms with Crippen LogP contribution in [0.15, 0.2) is 36.4 Å². The zero-order valence-corrected chi connectivity index (χ0v) is 15.9. The quantitative estimate of drug-likeness (QED) is 0.579. The molecule has 2 N–H and O–H groups in total. The molecule has 7 heteroatoms. The van der Waals surface area contributed by atoms with Gasteiger partial charge >= 0.3 is 0 Å². The Kier molecular flexibility index (Phi) is 8.82. The minimum absolute atomic E-state index is 0.0247. The Morgan fingerprint density at radius 2 is 1.76 bits per heavy atom. The molecule has 0 atom stereocenters. The lowest BCUT2D eigenvalue weighted by Crippen LogP contribution is -2.20. The number of benzene rings is 2. The number of halogens is 3. The first-order valence-corrected chi connectivity index (χ1v) is 8.98. The molecule has 0 saturated heterocycles. The van der Waals surface area contributed by atoms with E-state index in [2.05, 4.69) is 5.32 Å². The van der Waals surface area contributed by atoms with Gasteiger partial charge in [0.1, 0.15) is 12.4 Å². The summed E-state index contributed by atoms with van der Waals surface area (Å²) in [6, 6.07) is 10.8. The predicted molar refractivity (Wildman–Crippen MR) is 102 cm³/mol. The molecule has 2 aromatic carbocycles. The minimum Gasteiger partial charge on any atom is -0.488 e. The van der Waals surface area contributed by atoms with Crippen LogP contribution in [0.3, 0.4) is 0 Å². The minimum atomic E-state index is 0.0247. The molecule has 25 heavy (non-hydrogen) atoms. The molecule has 2 rings (SSSR count). The Morgan fingerprint density at radius 1 is 1.00 bits per heavy atom. The molecule has 0 spiro atoms. The lowest BCUT2D eigenvalue weighted by molar-refractivity contribution is 0.0937. The Hall–Kier alpha value is -1.01. The highest BCUT2D eigenvalue weighted by Gasteiger charge is 2.09. The summed E-state index contributed by atoms with van der Waals surface area (Å²) < 4.78 is 11.1. The van der Waals surface area contributed by atoms with Crippen molar-refractivity contribution in [1.29, 1.82) is 0 Å². The molecule has 136 valence electrons. The first-order chi connectivity index (χ1) is 12.1. The molecule has 0 aliphatic carbocycles. The van der Waals surface area contributed by atoms with Gasteiger partial charge in [-0.15, -0.1) is 0 Å². The van der Waals surface area contributed by atoms with E-state index in [4.69, 9.17) is 49.4 Å². The zero-order chi connectivity index (χ0) is 18.1. The van der Waals surface area contributed by atoms with Gasteiger partial charge in [-0.3, -0.25) is 0 Å². The van der Waals surface area contributed by atoms with Gasteiger partial charge < -0.3 is 19.9 Å². The van der Waals surface area contributed by atoms with E-state index in [1.165, 1.54) is 0 Å². The summed E-state index contributed by atoms with van der Waals surface area (Å²) in [5.41, 5.74) is 1.68. The second-order valence-corrected chi connectivity index (χ2v) is 6.50. The van der Waals surface area contributed by atoms with Crippen LogP contribution < -0.4 is 10.1 Å². The Morgan fingerprint density at radius 3 is 2.48 bits per heavy atom. The van der Waals surface area contributed by atoms with Crippen molar-refractivity contribution in [2.45, 2.75) is 13.2 Å². The number of aliphatic hydroxyl groups is 1. The molecule has 0 saturated carbocycles. The maximum atomic E-state index is 8.66. The summed E-state index contributed by atoms with van der Waals surface area (Å²) in [5.74, 6) is 0.712. The van der Waals surface area contributed by atoms with Gasteiger partial charge in [0.25, 0.3) is 0 Å². The van der Waals surface area contributed by atoms with Gasteiger partial charge in [0.2, 0.25) is 0 Å². The summed E-state index contributed by atoms with van der Waals surface area (Å²) in [4.78, 5) is 0.